The molecule has 20 heavy (non-hydrogen) atoms. The molecule has 0 unspecified atom stereocenters. The van der Waals surface area contributed by atoms with E-state index in [0.717, 1.165) is 11.3 Å². The van der Waals surface area contributed by atoms with Crippen LogP contribution in [0.2, 0.25) is 0 Å². The van der Waals surface area contributed by atoms with Gasteiger partial charge in [-0.25, -0.2) is 13.2 Å². The molecule has 0 bridgehead atoms. The van der Waals surface area contributed by atoms with Gasteiger partial charge in [0.15, 0.2) is 5.58 Å². The Labute approximate surface area is 118 Å². The lowest BCUT2D eigenvalue weighted by Crippen LogP contribution is -2.11. The molecule has 0 aliphatic rings. The minimum absolute atomic E-state index is 0.229. The van der Waals surface area contributed by atoms with Crippen LogP contribution in [0.25, 0.3) is 11.1 Å². The summed E-state index contributed by atoms with van der Waals surface area (Å²) in [5, 5.41) is 1.69. The van der Waals surface area contributed by atoms with Gasteiger partial charge < -0.3 is 4.42 Å². The van der Waals surface area contributed by atoms with E-state index in [0.29, 0.717) is 16.8 Å². The standard InChI is InChI=1S/C12H10N2O4S2/c1-14-9-5-4-8(7-10(9)18-12(14)15)13-20(16,17)11-3-2-6-19-11/h2-7,13H,1H3. The third-order valence-electron chi connectivity index (χ3n) is 2.80. The molecular weight excluding hydrogens is 300 g/mol. The Kier molecular flexibility index (Phi) is 2.91. The number of hydrogen-bond donors (Lipinski definition) is 1. The van der Waals surface area contributed by atoms with E-state index >= 15 is 0 Å². The van der Waals surface area contributed by atoms with Crippen molar-refractivity contribution in [2.75, 3.05) is 4.72 Å². The Morgan fingerprint density at radius 2 is 2.10 bits per heavy atom. The van der Waals surface area contributed by atoms with Crippen LogP contribution >= 0.6 is 11.3 Å². The predicted octanol–water partition coefficient (Wildman–Crippen LogP) is 1.99. The lowest BCUT2D eigenvalue weighted by molar-refractivity contribution is 0.528. The highest BCUT2D eigenvalue weighted by Gasteiger charge is 2.16. The third kappa shape index (κ3) is 2.12. The summed E-state index contributed by atoms with van der Waals surface area (Å²) in [6, 6.07) is 7.89. The van der Waals surface area contributed by atoms with Gasteiger partial charge in [-0.2, -0.15) is 0 Å². The van der Waals surface area contributed by atoms with Crippen molar-refractivity contribution in [3.63, 3.8) is 0 Å². The molecule has 2 aromatic heterocycles. The minimum atomic E-state index is -3.60. The number of hydrogen-bond acceptors (Lipinski definition) is 5. The molecule has 2 heterocycles. The lowest BCUT2D eigenvalue weighted by atomic mass is 10.3. The van der Waals surface area contributed by atoms with Gasteiger partial charge in [0.1, 0.15) is 4.21 Å². The zero-order chi connectivity index (χ0) is 14.3. The second-order valence-electron chi connectivity index (χ2n) is 4.15. The molecule has 0 amide bonds. The predicted molar refractivity (Wildman–Crippen MR) is 76.6 cm³/mol. The molecule has 1 N–H and O–H groups in total. The molecule has 8 heteroatoms. The number of fused-ring (bicyclic) bond motifs is 1. The van der Waals surface area contributed by atoms with Crippen LogP contribution in [0, 0.1) is 0 Å². The van der Waals surface area contributed by atoms with Crippen molar-refractivity contribution in [3.8, 4) is 0 Å². The van der Waals surface area contributed by atoms with Crippen LogP contribution in [-0.4, -0.2) is 13.0 Å². The molecule has 0 radical (unpaired) electrons. The van der Waals surface area contributed by atoms with E-state index in [2.05, 4.69) is 4.72 Å². The van der Waals surface area contributed by atoms with Gasteiger partial charge in [-0.1, -0.05) is 6.07 Å². The van der Waals surface area contributed by atoms with Crippen molar-refractivity contribution >= 4 is 38.1 Å². The summed E-state index contributed by atoms with van der Waals surface area (Å²) in [6.07, 6.45) is 0. The minimum Gasteiger partial charge on any atom is -0.408 e. The molecule has 0 spiro atoms. The molecule has 0 fully saturated rings. The third-order valence-corrected chi connectivity index (χ3v) is 5.58. The van der Waals surface area contributed by atoms with Crippen LogP contribution in [-0.2, 0) is 17.1 Å². The van der Waals surface area contributed by atoms with E-state index in [1.807, 2.05) is 0 Å². The topological polar surface area (TPSA) is 81.3 Å². The zero-order valence-corrected chi connectivity index (χ0v) is 12.0. The summed E-state index contributed by atoms with van der Waals surface area (Å²) < 4.78 is 33.2. The highest BCUT2D eigenvalue weighted by atomic mass is 32.2. The molecule has 3 rings (SSSR count). The zero-order valence-electron chi connectivity index (χ0n) is 10.4. The largest absolute Gasteiger partial charge is 0.419 e. The Morgan fingerprint density at radius 1 is 1.30 bits per heavy atom. The maximum Gasteiger partial charge on any atom is 0.419 e. The van der Waals surface area contributed by atoms with E-state index in [-0.39, 0.29) is 4.21 Å². The number of oxazole rings is 1. The smallest absolute Gasteiger partial charge is 0.408 e. The average Bonchev–Trinajstić information content (AvgIpc) is 2.99. The molecule has 3 aromatic rings. The molecule has 0 aliphatic heterocycles. The summed E-state index contributed by atoms with van der Waals surface area (Å²) in [5.74, 6) is -0.488. The molecule has 0 saturated heterocycles. The fourth-order valence-corrected chi connectivity index (χ4v) is 3.86. The van der Waals surface area contributed by atoms with Gasteiger partial charge >= 0.3 is 5.76 Å². The Hall–Kier alpha value is -2.06. The fraction of sp³-hybridized carbons (Fsp3) is 0.0833. The lowest BCUT2D eigenvalue weighted by Gasteiger charge is -2.05. The number of nitrogens with one attached hydrogen (secondary N) is 1. The number of benzene rings is 1. The van der Waals surface area contributed by atoms with Gasteiger partial charge in [0, 0.05) is 13.1 Å². The monoisotopic (exact) mass is 310 g/mol. The van der Waals surface area contributed by atoms with Crippen LogP contribution < -0.4 is 10.5 Å². The van der Waals surface area contributed by atoms with Gasteiger partial charge in [-0.3, -0.25) is 9.29 Å². The molecule has 0 atom stereocenters. The molecular formula is C12H10N2O4S2. The van der Waals surface area contributed by atoms with Crippen LogP contribution in [0.15, 0.2) is 49.1 Å². The molecule has 0 aliphatic carbocycles. The number of aromatic nitrogens is 1. The highest BCUT2D eigenvalue weighted by molar-refractivity contribution is 7.94. The maximum atomic E-state index is 12.1. The quantitative estimate of drug-likeness (QED) is 0.802. The van der Waals surface area contributed by atoms with Crippen LogP contribution in [0.4, 0.5) is 5.69 Å². The van der Waals surface area contributed by atoms with Crippen molar-refractivity contribution in [1.29, 1.82) is 0 Å². The van der Waals surface area contributed by atoms with E-state index < -0.39 is 15.8 Å². The fourth-order valence-electron chi connectivity index (χ4n) is 1.82. The Balaban J connectivity index is 2.02. The van der Waals surface area contributed by atoms with Gasteiger partial charge in [-0.15, -0.1) is 11.3 Å². The molecule has 1 aromatic carbocycles. The summed E-state index contributed by atoms with van der Waals surface area (Å²) in [7, 11) is -2.01. The number of anilines is 1. The Bertz CT molecular complexity index is 920. The van der Waals surface area contributed by atoms with E-state index in [4.69, 9.17) is 4.42 Å². The first-order valence-electron chi connectivity index (χ1n) is 5.63. The second-order valence-corrected chi connectivity index (χ2v) is 7.00. The van der Waals surface area contributed by atoms with Crippen LogP contribution in [0.1, 0.15) is 0 Å². The molecule has 104 valence electrons. The van der Waals surface area contributed by atoms with Crippen molar-refractivity contribution in [3.05, 3.63) is 46.3 Å². The SMILES string of the molecule is Cn1c(=O)oc2cc(NS(=O)(=O)c3cccs3)ccc21. The first-order chi connectivity index (χ1) is 9.47. The second kappa shape index (κ2) is 4.50. The molecule has 6 nitrogen and oxygen atoms in total. The van der Waals surface area contributed by atoms with Crippen molar-refractivity contribution in [2.24, 2.45) is 7.05 Å². The summed E-state index contributed by atoms with van der Waals surface area (Å²) in [5.41, 5.74) is 1.29. The summed E-state index contributed by atoms with van der Waals surface area (Å²) in [6.45, 7) is 0. The van der Waals surface area contributed by atoms with Crippen molar-refractivity contribution in [1.82, 2.24) is 4.57 Å². The number of rotatable bonds is 3. The maximum absolute atomic E-state index is 12.1. The van der Waals surface area contributed by atoms with E-state index in [1.165, 1.54) is 16.7 Å². The number of aryl methyl sites for hydroxylation is 1. The van der Waals surface area contributed by atoms with Gasteiger partial charge in [-0.05, 0) is 23.6 Å². The van der Waals surface area contributed by atoms with Crippen molar-refractivity contribution in [2.45, 2.75) is 4.21 Å². The van der Waals surface area contributed by atoms with E-state index in [1.54, 1.807) is 30.6 Å². The van der Waals surface area contributed by atoms with Gasteiger partial charge in [0.25, 0.3) is 10.0 Å². The first-order valence-corrected chi connectivity index (χ1v) is 7.99. The number of nitrogens with zero attached hydrogens (tertiary/aromatic N) is 1. The Morgan fingerprint density at radius 3 is 2.80 bits per heavy atom. The van der Waals surface area contributed by atoms with Crippen molar-refractivity contribution < 1.29 is 12.8 Å². The van der Waals surface area contributed by atoms with Gasteiger partial charge in [0.05, 0.1) is 11.2 Å². The number of sulfonamides is 1. The van der Waals surface area contributed by atoms with Crippen LogP contribution in [0.5, 0.6) is 0 Å². The van der Waals surface area contributed by atoms with Gasteiger partial charge in [0.2, 0.25) is 0 Å². The molecule has 0 saturated carbocycles. The summed E-state index contributed by atoms with van der Waals surface area (Å²) in [4.78, 5) is 11.4. The van der Waals surface area contributed by atoms with E-state index in [9.17, 15) is 13.2 Å². The number of thiophene rings is 1. The van der Waals surface area contributed by atoms with Crippen LogP contribution in [0.3, 0.4) is 0 Å². The normalized spacial score (nSPS) is 11.8. The first kappa shape index (κ1) is 12.9. The highest BCUT2D eigenvalue weighted by Crippen LogP contribution is 2.23. The summed E-state index contributed by atoms with van der Waals surface area (Å²) >= 11 is 1.13. The average molecular weight is 310 g/mol.